The lowest BCUT2D eigenvalue weighted by atomic mass is 10.3. The van der Waals surface area contributed by atoms with Gasteiger partial charge in [0.2, 0.25) is 0 Å². The molecular formula is C10H16N2O2. The van der Waals surface area contributed by atoms with Gasteiger partial charge in [-0.15, -0.1) is 0 Å². The van der Waals surface area contributed by atoms with Crippen molar-refractivity contribution < 1.29 is 9.53 Å². The Bertz CT molecular complexity index is 287. The van der Waals surface area contributed by atoms with Gasteiger partial charge in [0.1, 0.15) is 0 Å². The molecule has 1 heterocycles. The molecule has 0 aliphatic rings. The smallest absolute Gasteiger partial charge is 0.359 e. The highest BCUT2D eigenvalue weighted by atomic mass is 16.5. The number of carbonyl (C=O) groups excluding carboxylic acids is 1. The molecule has 0 aliphatic heterocycles. The van der Waals surface area contributed by atoms with Crippen LogP contribution in [-0.4, -0.2) is 17.6 Å². The van der Waals surface area contributed by atoms with Crippen LogP contribution in [0.2, 0.25) is 0 Å². The first-order valence-electron chi connectivity index (χ1n) is 4.63. The lowest BCUT2D eigenvalue weighted by molar-refractivity contribution is 0.0521. The van der Waals surface area contributed by atoms with Crippen LogP contribution in [-0.2, 0) is 4.74 Å². The van der Waals surface area contributed by atoms with Crippen LogP contribution in [0.4, 0.5) is 5.69 Å². The van der Waals surface area contributed by atoms with Gasteiger partial charge in [-0.2, -0.15) is 0 Å². The number of nitrogens with two attached hydrogens (primary N) is 1. The van der Waals surface area contributed by atoms with Crippen LogP contribution in [0.25, 0.3) is 0 Å². The van der Waals surface area contributed by atoms with Crippen LogP contribution in [0.3, 0.4) is 0 Å². The molecule has 0 saturated carbocycles. The van der Waals surface area contributed by atoms with E-state index in [1.165, 1.54) is 6.20 Å². The normalized spacial score (nSPS) is 8.50. The van der Waals surface area contributed by atoms with Crippen molar-refractivity contribution >= 4 is 11.7 Å². The quantitative estimate of drug-likeness (QED) is 0.733. The molecule has 0 aromatic carbocycles. The van der Waals surface area contributed by atoms with Gasteiger partial charge in [-0.25, -0.2) is 9.78 Å². The van der Waals surface area contributed by atoms with Crippen molar-refractivity contribution in [3.8, 4) is 0 Å². The second kappa shape index (κ2) is 6.88. The highest BCUT2D eigenvalue weighted by Gasteiger charge is 2.10. The SMILES string of the molecule is CC.CCOC(=O)c1ncccc1N. The maximum atomic E-state index is 11.1. The predicted octanol–water partition coefficient (Wildman–Crippen LogP) is 1.87. The van der Waals surface area contributed by atoms with Crippen LogP contribution >= 0.6 is 0 Å². The first-order chi connectivity index (χ1) is 6.75. The zero-order valence-electron chi connectivity index (χ0n) is 8.78. The van der Waals surface area contributed by atoms with Crippen LogP contribution in [0.15, 0.2) is 18.3 Å². The largest absolute Gasteiger partial charge is 0.461 e. The second-order valence-electron chi connectivity index (χ2n) is 2.16. The van der Waals surface area contributed by atoms with Crippen molar-refractivity contribution in [2.45, 2.75) is 20.8 Å². The van der Waals surface area contributed by atoms with Gasteiger partial charge >= 0.3 is 5.97 Å². The molecule has 1 aromatic heterocycles. The number of nitrogens with zero attached hydrogens (tertiary/aromatic N) is 1. The van der Waals surface area contributed by atoms with Crippen molar-refractivity contribution in [2.24, 2.45) is 0 Å². The molecule has 4 heteroatoms. The fraction of sp³-hybridized carbons (Fsp3) is 0.400. The number of hydrogen-bond donors (Lipinski definition) is 1. The summed E-state index contributed by atoms with van der Waals surface area (Å²) in [4.78, 5) is 14.9. The van der Waals surface area contributed by atoms with Crippen molar-refractivity contribution in [1.82, 2.24) is 4.98 Å². The fourth-order valence-corrected chi connectivity index (χ4v) is 0.788. The van der Waals surface area contributed by atoms with Gasteiger partial charge in [-0.1, -0.05) is 13.8 Å². The molecule has 0 fully saturated rings. The Balaban J connectivity index is 0.000000791. The van der Waals surface area contributed by atoms with Crippen LogP contribution < -0.4 is 5.73 Å². The molecular weight excluding hydrogens is 180 g/mol. The summed E-state index contributed by atoms with van der Waals surface area (Å²) in [5.41, 5.74) is 6.01. The van der Waals surface area contributed by atoms with E-state index in [-0.39, 0.29) is 5.69 Å². The Hall–Kier alpha value is -1.58. The Morgan fingerprint density at radius 2 is 2.21 bits per heavy atom. The Morgan fingerprint density at radius 3 is 2.71 bits per heavy atom. The number of anilines is 1. The van der Waals surface area contributed by atoms with Gasteiger partial charge in [0.05, 0.1) is 12.3 Å². The zero-order valence-corrected chi connectivity index (χ0v) is 8.78. The molecule has 0 spiro atoms. The number of hydrogen-bond acceptors (Lipinski definition) is 4. The minimum Gasteiger partial charge on any atom is -0.461 e. The van der Waals surface area contributed by atoms with E-state index in [9.17, 15) is 4.79 Å². The number of carbonyl (C=O) groups is 1. The number of nitrogen functional groups attached to an aromatic ring is 1. The summed E-state index contributed by atoms with van der Waals surface area (Å²) in [6.07, 6.45) is 1.50. The molecule has 14 heavy (non-hydrogen) atoms. The first-order valence-corrected chi connectivity index (χ1v) is 4.63. The number of esters is 1. The van der Waals surface area contributed by atoms with E-state index in [0.717, 1.165) is 0 Å². The fourth-order valence-electron chi connectivity index (χ4n) is 0.788. The Morgan fingerprint density at radius 1 is 1.57 bits per heavy atom. The third-order valence-electron chi connectivity index (χ3n) is 1.31. The Labute approximate surface area is 84.1 Å². The standard InChI is InChI=1S/C8H10N2O2.C2H6/c1-2-12-8(11)7-6(9)4-3-5-10-7;1-2/h3-5H,2,9H2,1H3;1-2H3. The number of pyridine rings is 1. The lowest BCUT2D eigenvalue weighted by Crippen LogP contribution is -2.09. The third-order valence-corrected chi connectivity index (χ3v) is 1.31. The summed E-state index contributed by atoms with van der Waals surface area (Å²) < 4.78 is 4.73. The summed E-state index contributed by atoms with van der Waals surface area (Å²) in [6, 6.07) is 3.28. The van der Waals surface area contributed by atoms with E-state index < -0.39 is 5.97 Å². The van der Waals surface area contributed by atoms with Gasteiger partial charge in [-0.05, 0) is 19.1 Å². The van der Waals surface area contributed by atoms with E-state index in [1.54, 1.807) is 19.1 Å². The highest BCUT2D eigenvalue weighted by molar-refractivity contribution is 5.92. The highest BCUT2D eigenvalue weighted by Crippen LogP contribution is 2.07. The number of rotatable bonds is 2. The van der Waals surface area contributed by atoms with Gasteiger partial charge in [0.15, 0.2) is 5.69 Å². The van der Waals surface area contributed by atoms with E-state index >= 15 is 0 Å². The van der Waals surface area contributed by atoms with Crippen LogP contribution in [0.1, 0.15) is 31.3 Å². The molecule has 0 saturated heterocycles. The van der Waals surface area contributed by atoms with E-state index in [0.29, 0.717) is 12.3 Å². The minimum atomic E-state index is -0.476. The summed E-state index contributed by atoms with van der Waals surface area (Å²) in [6.45, 7) is 6.06. The molecule has 1 rings (SSSR count). The number of ether oxygens (including phenoxy) is 1. The maximum Gasteiger partial charge on any atom is 0.359 e. The van der Waals surface area contributed by atoms with Crippen LogP contribution in [0, 0.1) is 0 Å². The molecule has 0 unspecified atom stereocenters. The third kappa shape index (κ3) is 3.43. The van der Waals surface area contributed by atoms with Gasteiger partial charge in [0.25, 0.3) is 0 Å². The van der Waals surface area contributed by atoms with E-state index in [1.807, 2.05) is 13.8 Å². The van der Waals surface area contributed by atoms with Gasteiger partial charge in [0, 0.05) is 6.20 Å². The number of aromatic nitrogens is 1. The predicted molar refractivity (Wildman–Crippen MR) is 56.0 cm³/mol. The van der Waals surface area contributed by atoms with Gasteiger partial charge < -0.3 is 10.5 Å². The molecule has 0 radical (unpaired) electrons. The van der Waals surface area contributed by atoms with Gasteiger partial charge in [-0.3, -0.25) is 0 Å². The lowest BCUT2D eigenvalue weighted by Gasteiger charge is -2.02. The van der Waals surface area contributed by atoms with Crippen molar-refractivity contribution in [2.75, 3.05) is 12.3 Å². The second-order valence-corrected chi connectivity index (χ2v) is 2.16. The van der Waals surface area contributed by atoms with Crippen LogP contribution in [0.5, 0.6) is 0 Å². The zero-order chi connectivity index (χ0) is 11.0. The molecule has 2 N–H and O–H groups in total. The summed E-state index contributed by atoms with van der Waals surface area (Å²) in [5.74, 6) is -0.476. The molecule has 0 amide bonds. The van der Waals surface area contributed by atoms with Crippen molar-refractivity contribution in [3.63, 3.8) is 0 Å². The molecule has 0 atom stereocenters. The molecule has 0 bridgehead atoms. The molecule has 78 valence electrons. The topological polar surface area (TPSA) is 65.2 Å². The molecule has 4 nitrogen and oxygen atoms in total. The maximum absolute atomic E-state index is 11.1. The van der Waals surface area contributed by atoms with Crippen molar-refractivity contribution in [3.05, 3.63) is 24.0 Å². The minimum absolute atomic E-state index is 0.180. The molecule has 1 aromatic rings. The average Bonchev–Trinajstić information content (AvgIpc) is 2.22. The summed E-state index contributed by atoms with van der Waals surface area (Å²) >= 11 is 0. The van der Waals surface area contributed by atoms with E-state index in [2.05, 4.69) is 4.98 Å². The first kappa shape index (κ1) is 12.4. The molecule has 0 aliphatic carbocycles. The Kier molecular flexibility index (Phi) is 6.11. The van der Waals surface area contributed by atoms with E-state index in [4.69, 9.17) is 10.5 Å². The average molecular weight is 196 g/mol. The van der Waals surface area contributed by atoms with Crippen molar-refractivity contribution in [1.29, 1.82) is 0 Å². The monoisotopic (exact) mass is 196 g/mol. The summed E-state index contributed by atoms with van der Waals surface area (Å²) in [7, 11) is 0. The summed E-state index contributed by atoms with van der Waals surface area (Å²) in [5, 5.41) is 0.